The number of amides is 3. The van der Waals surface area contributed by atoms with Gasteiger partial charge >= 0.3 is 12.1 Å². The second-order valence-electron chi connectivity index (χ2n) is 6.22. The summed E-state index contributed by atoms with van der Waals surface area (Å²) in [5.74, 6) is -4.38. The number of carbonyl (C=O) groups is 2. The van der Waals surface area contributed by atoms with Crippen LogP contribution in [0.3, 0.4) is 0 Å². The Bertz CT molecular complexity index is 693. The van der Waals surface area contributed by atoms with E-state index in [1.165, 1.54) is 4.90 Å². The molecule has 2 saturated heterocycles. The van der Waals surface area contributed by atoms with Gasteiger partial charge in [-0.2, -0.15) is 0 Å². The number of cyclic esters (lactones) is 1. The van der Waals surface area contributed by atoms with Gasteiger partial charge < -0.3 is 19.9 Å². The molecule has 1 atom stereocenters. The molecule has 6 nitrogen and oxygen atoms in total. The third kappa shape index (κ3) is 3.49. The van der Waals surface area contributed by atoms with E-state index in [2.05, 4.69) is 5.32 Å². The third-order valence-corrected chi connectivity index (χ3v) is 4.46. The average Bonchev–Trinajstić information content (AvgIpc) is 2.94. The molecule has 2 aliphatic rings. The average molecular weight is 357 g/mol. The van der Waals surface area contributed by atoms with Crippen LogP contribution in [0.5, 0.6) is 0 Å². The number of nitrogens with zero attached hydrogens (tertiary/aromatic N) is 2. The molecule has 2 heterocycles. The molecule has 2 fully saturated rings. The Balaban J connectivity index is 1.57. The topological polar surface area (TPSA) is 61.9 Å². The normalized spacial score (nSPS) is 21.4. The summed E-state index contributed by atoms with van der Waals surface area (Å²) in [5, 5.41) is 2.25. The molecule has 0 saturated carbocycles. The number of benzene rings is 1. The maximum atomic E-state index is 13.6. The van der Waals surface area contributed by atoms with Crippen LogP contribution in [-0.4, -0.2) is 53.7 Å². The van der Waals surface area contributed by atoms with Gasteiger partial charge in [-0.25, -0.2) is 22.8 Å². The third-order valence-electron chi connectivity index (χ3n) is 4.46. The SMILES string of the molecule is CC1CN(C2CCN(C(=O)Nc3ccc(F)c(F)c3F)CC2)C(=O)O1. The number of carbonyl (C=O) groups excluding carboxylic acids is 2. The fourth-order valence-corrected chi connectivity index (χ4v) is 3.12. The standard InChI is InChI=1S/C16H18F3N3O3/c1-9-8-22(16(24)25-9)10-4-6-21(7-5-10)15(23)20-12-3-2-11(17)13(18)14(12)19/h2-3,9-10H,4-8H2,1H3,(H,20,23). The van der Waals surface area contributed by atoms with E-state index in [0.29, 0.717) is 32.5 Å². The molecule has 2 aliphatic heterocycles. The van der Waals surface area contributed by atoms with Crippen LogP contribution in [0.25, 0.3) is 0 Å². The summed E-state index contributed by atoms with van der Waals surface area (Å²) in [4.78, 5) is 27.0. The predicted octanol–water partition coefficient (Wildman–Crippen LogP) is 2.94. The summed E-state index contributed by atoms with van der Waals surface area (Å²) in [5.41, 5.74) is -0.414. The molecule has 1 aromatic carbocycles. The van der Waals surface area contributed by atoms with E-state index in [-0.39, 0.29) is 18.2 Å². The lowest BCUT2D eigenvalue weighted by atomic mass is 10.0. The molecule has 3 amide bonds. The highest BCUT2D eigenvalue weighted by Crippen LogP contribution is 2.24. The Morgan fingerprint density at radius 2 is 1.88 bits per heavy atom. The van der Waals surface area contributed by atoms with Crippen LogP contribution in [0.15, 0.2) is 12.1 Å². The van der Waals surface area contributed by atoms with Gasteiger partial charge in [0.25, 0.3) is 0 Å². The van der Waals surface area contributed by atoms with Gasteiger partial charge in [0.15, 0.2) is 17.5 Å². The number of piperidine rings is 1. The Morgan fingerprint density at radius 1 is 1.20 bits per heavy atom. The quantitative estimate of drug-likeness (QED) is 0.828. The molecule has 9 heteroatoms. The minimum atomic E-state index is -1.63. The van der Waals surface area contributed by atoms with E-state index >= 15 is 0 Å². The van der Waals surface area contributed by atoms with E-state index in [1.54, 1.807) is 4.90 Å². The molecule has 1 unspecified atom stereocenters. The molecular formula is C16H18F3N3O3. The second-order valence-corrected chi connectivity index (χ2v) is 6.22. The van der Waals surface area contributed by atoms with Gasteiger partial charge in [-0.3, -0.25) is 0 Å². The summed E-state index contributed by atoms with van der Waals surface area (Å²) in [6, 6.07) is 1.11. The highest BCUT2D eigenvalue weighted by atomic mass is 19.2. The van der Waals surface area contributed by atoms with E-state index in [1.807, 2.05) is 6.92 Å². The molecule has 3 rings (SSSR count). The van der Waals surface area contributed by atoms with Crippen molar-refractivity contribution in [2.45, 2.75) is 31.9 Å². The number of nitrogens with one attached hydrogen (secondary N) is 1. The van der Waals surface area contributed by atoms with Crippen molar-refractivity contribution < 1.29 is 27.5 Å². The predicted molar refractivity (Wildman–Crippen MR) is 82.6 cm³/mol. The van der Waals surface area contributed by atoms with Gasteiger partial charge in [-0.15, -0.1) is 0 Å². The van der Waals surface area contributed by atoms with Crippen molar-refractivity contribution in [2.75, 3.05) is 25.0 Å². The van der Waals surface area contributed by atoms with Crippen LogP contribution >= 0.6 is 0 Å². The van der Waals surface area contributed by atoms with E-state index in [4.69, 9.17) is 4.74 Å². The van der Waals surface area contributed by atoms with Crippen molar-refractivity contribution in [3.05, 3.63) is 29.6 Å². The number of urea groups is 1. The molecule has 0 aliphatic carbocycles. The lowest BCUT2D eigenvalue weighted by Gasteiger charge is -2.35. The molecule has 25 heavy (non-hydrogen) atoms. The van der Waals surface area contributed by atoms with Crippen molar-refractivity contribution >= 4 is 17.8 Å². The first-order valence-electron chi connectivity index (χ1n) is 8.03. The highest BCUT2D eigenvalue weighted by Gasteiger charge is 2.36. The van der Waals surface area contributed by atoms with Crippen LogP contribution in [-0.2, 0) is 4.74 Å². The summed E-state index contributed by atoms with van der Waals surface area (Å²) in [6.45, 7) is 3.06. The van der Waals surface area contributed by atoms with Gasteiger partial charge in [-0.05, 0) is 31.9 Å². The smallest absolute Gasteiger partial charge is 0.410 e. The van der Waals surface area contributed by atoms with Crippen molar-refractivity contribution in [3.63, 3.8) is 0 Å². The Labute approximate surface area is 142 Å². The van der Waals surface area contributed by atoms with Gasteiger partial charge in [0.1, 0.15) is 6.10 Å². The molecule has 0 radical (unpaired) electrons. The van der Waals surface area contributed by atoms with E-state index in [9.17, 15) is 22.8 Å². The number of rotatable bonds is 2. The van der Waals surface area contributed by atoms with Crippen molar-refractivity contribution in [3.8, 4) is 0 Å². The van der Waals surface area contributed by atoms with Crippen LogP contribution in [0.4, 0.5) is 28.4 Å². The molecule has 1 N–H and O–H groups in total. The first-order chi connectivity index (χ1) is 11.9. The lowest BCUT2D eigenvalue weighted by Crippen LogP contribution is -2.48. The first-order valence-corrected chi connectivity index (χ1v) is 8.03. The fourth-order valence-electron chi connectivity index (χ4n) is 3.12. The fraction of sp³-hybridized carbons (Fsp3) is 0.500. The van der Waals surface area contributed by atoms with Crippen LogP contribution in [0.1, 0.15) is 19.8 Å². The molecule has 0 bridgehead atoms. The number of likely N-dealkylation sites (tertiary alicyclic amines) is 1. The zero-order chi connectivity index (χ0) is 18.1. The largest absolute Gasteiger partial charge is 0.444 e. The van der Waals surface area contributed by atoms with Crippen LogP contribution in [0, 0.1) is 17.5 Å². The minimum Gasteiger partial charge on any atom is -0.444 e. The Morgan fingerprint density at radius 3 is 2.48 bits per heavy atom. The summed E-state index contributed by atoms with van der Waals surface area (Å²) in [7, 11) is 0. The van der Waals surface area contributed by atoms with Gasteiger partial charge in [0.2, 0.25) is 0 Å². The zero-order valence-corrected chi connectivity index (χ0v) is 13.6. The number of anilines is 1. The molecular weight excluding hydrogens is 339 g/mol. The number of hydrogen-bond donors (Lipinski definition) is 1. The Kier molecular flexibility index (Phi) is 4.73. The molecule has 1 aromatic rings. The number of hydrogen-bond acceptors (Lipinski definition) is 3. The van der Waals surface area contributed by atoms with Gasteiger partial charge in [0.05, 0.1) is 12.2 Å². The van der Waals surface area contributed by atoms with Crippen molar-refractivity contribution in [1.82, 2.24) is 9.80 Å². The highest BCUT2D eigenvalue weighted by molar-refractivity contribution is 5.89. The van der Waals surface area contributed by atoms with Gasteiger partial charge in [-0.1, -0.05) is 0 Å². The number of halogens is 3. The Hall–Kier alpha value is -2.45. The summed E-state index contributed by atoms with van der Waals surface area (Å²) in [6.07, 6.45) is 0.634. The molecule has 0 aromatic heterocycles. The maximum absolute atomic E-state index is 13.6. The van der Waals surface area contributed by atoms with E-state index in [0.717, 1.165) is 12.1 Å². The zero-order valence-electron chi connectivity index (χ0n) is 13.6. The maximum Gasteiger partial charge on any atom is 0.410 e. The molecule has 136 valence electrons. The van der Waals surface area contributed by atoms with Crippen molar-refractivity contribution in [2.24, 2.45) is 0 Å². The summed E-state index contributed by atoms with van der Waals surface area (Å²) >= 11 is 0. The number of ether oxygens (including phenoxy) is 1. The second kappa shape index (κ2) is 6.81. The van der Waals surface area contributed by atoms with E-state index < -0.39 is 29.2 Å². The minimum absolute atomic E-state index is 0.0125. The monoisotopic (exact) mass is 357 g/mol. The molecule has 0 spiro atoms. The lowest BCUT2D eigenvalue weighted by molar-refractivity contribution is 0.119. The summed E-state index contributed by atoms with van der Waals surface area (Å²) < 4.78 is 44.9. The van der Waals surface area contributed by atoms with Crippen LogP contribution in [0.2, 0.25) is 0 Å². The van der Waals surface area contributed by atoms with Crippen LogP contribution < -0.4 is 5.32 Å². The van der Waals surface area contributed by atoms with Crippen molar-refractivity contribution in [1.29, 1.82) is 0 Å². The first kappa shape index (κ1) is 17.4. The van der Waals surface area contributed by atoms with Gasteiger partial charge in [0, 0.05) is 19.1 Å².